The lowest BCUT2D eigenvalue weighted by Gasteiger charge is -2.18. The van der Waals surface area contributed by atoms with Gasteiger partial charge in [-0.3, -0.25) is 4.79 Å². The second-order valence-corrected chi connectivity index (χ2v) is 7.69. The molecule has 0 saturated heterocycles. The zero-order chi connectivity index (χ0) is 18.4. The van der Waals surface area contributed by atoms with Crippen molar-refractivity contribution < 1.29 is 17.9 Å². The van der Waals surface area contributed by atoms with Gasteiger partial charge < -0.3 is 10.1 Å². The first-order chi connectivity index (χ1) is 11.8. The van der Waals surface area contributed by atoms with E-state index < -0.39 is 16.1 Å². The standard InChI is InChI=1S/C17H19ClN2O4S/c1-24-15-9-3-12(4-10-15)16(20-25(2,22)23)11-17(21)19-14-7-5-13(18)6-8-14/h3-10,16,20H,11H2,1-2H3,(H,19,21)/t16-/m0/s1. The molecule has 25 heavy (non-hydrogen) atoms. The summed E-state index contributed by atoms with van der Waals surface area (Å²) in [6.07, 6.45) is 1.00. The molecule has 0 spiro atoms. The van der Waals surface area contributed by atoms with Crippen LogP contribution in [0.3, 0.4) is 0 Å². The zero-order valence-electron chi connectivity index (χ0n) is 13.8. The van der Waals surface area contributed by atoms with Crippen LogP contribution in [0, 0.1) is 0 Å². The number of nitrogens with one attached hydrogen (secondary N) is 2. The largest absolute Gasteiger partial charge is 0.497 e. The van der Waals surface area contributed by atoms with Crippen LogP contribution in [0.4, 0.5) is 5.69 Å². The lowest BCUT2D eigenvalue weighted by atomic mass is 10.0. The van der Waals surface area contributed by atoms with Crippen molar-refractivity contribution in [1.29, 1.82) is 0 Å². The third kappa shape index (κ3) is 6.38. The van der Waals surface area contributed by atoms with Crippen LogP contribution < -0.4 is 14.8 Å². The molecule has 134 valence electrons. The average molecular weight is 383 g/mol. The second kappa shape index (κ2) is 8.33. The fraction of sp³-hybridized carbons (Fsp3) is 0.235. The zero-order valence-corrected chi connectivity index (χ0v) is 15.4. The third-order valence-corrected chi connectivity index (χ3v) is 4.36. The van der Waals surface area contributed by atoms with Gasteiger partial charge in [0, 0.05) is 17.1 Å². The molecule has 1 atom stereocenters. The SMILES string of the molecule is COc1ccc([C@H](CC(=O)Nc2ccc(Cl)cc2)NS(C)(=O)=O)cc1. The number of benzene rings is 2. The van der Waals surface area contributed by atoms with Crippen LogP contribution >= 0.6 is 11.6 Å². The van der Waals surface area contributed by atoms with Crippen molar-refractivity contribution in [2.45, 2.75) is 12.5 Å². The van der Waals surface area contributed by atoms with Gasteiger partial charge in [0.15, 0.2) is 0 Å². The van der Waals surface area contributed by atoms with Gasteiger partial charge in [-0.2, -0.15) is 0 Å². The lowest BCUT2D eigenvalue weighted by Crippen LogP contribution is -2.30. The Hall–Kier alpha value is -2.09. The Labute approximate surface area is 152 Å². The molecule has 0 saturated carbocycles. The fourth-order valence-electron chi connectivity index (χ4n) is 2.25. The second-order valence-electron chi connectivity index (χ2n) is 5.47. The highest BCUT2D eigenvalue weighted by atomic mass is 35.5. The molecule has 0 fully saturated rings. The van der Waals surface area contributed by atoms with Crippen molar-refractivity contribution >= 4 is 33.2 Å². The monoisotopic (exact) mass is 382 g/mol. The average Bonchev–Trinajstić information content (AvgIpc) is 2.55. The number of hydrogen-bond donors (Lipinski definition) is 2. The number of rotatable bonds is 7. The van der Waals surface area contributed by atoms with Crippen molar-refractivity contribution in [2.75, 3.05) is 18.7 Å². The molecule has 0 aliphatic rings. The first kappa shape index (κ1) is 19.2. The summed E-state index contributed by atoms with van der Waals surface area (Å²) >= 11 is 5.81. The van der Waals surface area contributed by atoms with Gasteiger partial charge in [-0.15, -0.1) is 0 Å². The van der Waals surface area contributed by atoms with Gasteiger partial charge in [0.1, 0.15) is 5.75 Å². The van der Waals surface area contributed by atoms with E-state index in [2.05, 4.69) is 10.0 Å². The van der Waals surface area contributed by atoms with E-state index in [1.807, 2.05) is 0 Å². The van der Waals surface area contributed by atoms with Gasteiger partial charge in [-0.25, -0.2) is 13.1 Å². The topological polar surface area (TPSA) is 84.5 Å². The summed E-state index contributed by atoms with van der Waals surface area (Å²) in [5, 5.41) is 3.28. The highest BCUT2D eigenvalue weighted by Gasteiger charge is 2.20. The Kier molecular flexibility index (Phi) is 6.41. The molecule has 0 heterocycles. The van der Waals surface area contributed by atoms with E-state index in [4.69, 9.17) is 16.3 Å². The third-order valence-electron chi connectivity index (χ3n) is 3.39. The van der Waals surface area contributed by atoms with Crippen LogP contribution in [0.2, 0.25) is 5.02 Å². The molecule has 0 aromatic heterocycles. The number of anilines is 1. The highest BCUT2D eigenvalue weighted by molar-refractivity contribution is 7.88. The summed E-state index contributed by atoms with van der Waals surface area (Å²) in [6, 6.07) is 12.8. The van der Waals surface area contributed by atoms with E-state index in [0.29, 0.717) is 22.0 Å². The molecule has 2 rings (SSSR count). The van der Waals surface area contributed by atoms with E-state index in [9.17, 15) is 13.2 Å². The van der Waals surface area contributed by atoms with E-state index in [1.54, 1.807) is 55.6 Å². The van der Waals surface area contributed by atoms with Crippen LogP contribution in [-0.4, -0.2) is 27.7 Å². The molecule has 0 radical (unpaired) electrons. The fourth-order valence-corrected chi connectivity index (χ4v) is 3.12. The Morgan fingerprint density at radius 2 is 1.72 bits per heavy atom. The molecule has 2 aromatic rings. The molecule has 2 N–H and O–H groups in total. The van der Waals surface area contributed by atoms with E-state index in [-0.39, 0.29) is 12.3 Å². The van der Waals surface area contributed by atoms with Crippen molar-refractivity contribution in [3.8, 4) is 5.75 Å². The van der Waals surface area contributed by atoms with E-state index >= 15 is 0 Å². The number of ether oxygens (including phenoxy) is 1. The first-order valence-electron chi connectivity index (χ1n) is 7.43. The van der Waals surface area contributed by atoms with Crippen LogP contribution in [0.1, 0.15) is 18.0 Å². The molecule has 2 aromatic carbocycles. The predicted molar refractivity (Wildman–Crippen MR) is 98.4 cm³/mol. The van der Waals surface area contributed by atoms with Crippen LogP contribution in [0.15, 0.2) is 48.5 Å². The molecule has 6 nitrogen and oxygen atoms in total. The normalized spacial score (nSPS) is 12.4. The summed E-state index contributed by atoms with van der Waals surface area (Å²) in [4.78, 5) is 12.3. The number of amides is 1. The molecule has 8 heteroatoms. The number of hydrogen-bond acceptors (Lipinski definition) is 4. The predicted octanol–water partition coefficient (Wildman–Crippen LogP) is 2.97. The maximum Gasteiger partial charge on any atom is 0.226 e. The number of carbonyl (C=O) groups excluding carboxylic acids is 1. The number of sulfonamides is 1. The van der Waals surface area contributed by atoms with Gasteiger partial charge >= 0.3 is 0 Å². The molecule has 0 unspecified atom stereocenters. The minimum Gasteiger partial charge on any atom is -0.497 e. The van der Waals surface area contributed by atoms with Crippen molar-refractivity contribution in [3.63, 3.8) is 0 Å². The lowest BCUT2D eigenvalue weighted by molar-refractivity contribution is -0.116. The molecule has 0 aliphatic heterocycles. The van der Waals surface area contributed by atoms with Crippen molar-refractivity contribution in [2.24, 2.45) is 0 Å². The number of carbonyl (C=O) groups is 1. The van der Waals surface area contributed by atoms with Gasteiger partial charge in [0.2, 0.25) is 15.9 Å². The Morgan fingerprint density at radius 1 is 1.12 bits per heavy atom. The molecule has 0 aliphatic carbocycles. The van der Waals surface area contributed by atoms with Gasteiger partial charge in [-0.1, -0.05) is 23.7 Å². The van der Waals surface area contributed by atoms with E-state index in [0.717, 1.165) is 6.26 Å². The van der Waals surface area contributed by atoms with Crippen LogP contribution in [0.25, 0.3) is 0 Å². The smallest absolute Gasteiger partial charge is 0.226 e. The van der Waals surface area contributed by atoms with Crippen molar-refractivity contribution in [1.82, 2.24) is 4.72 Å². The van der Waals surface area contributed by atoms with Gasteiger partial charge in [0.05, 0.1) is 19.4 Å². The maximum atomic E-state index is 12.3. The number of methoxy groups -OCH3 is 1. The van der Waals surface area contributed by atoms with Gasteiger partial charge in [-0.05, 0) is 42.0 Å². The molecule has 0 bridgehead atoms. The minimum absolute atomic E-state index is 0.0535. The minimum atomic E-state index is -3.49. The summed E-state index contributed by atoms with van der Waals surface area (Å²) in [5.41, 5.74) is 1.25. The maximum absolute atomic E-state index is 12.3. The first-order valence-corrected chi connectivity index (χ1v) is 9.70. The number of halogens is 1. The Bertz CT molecular complexity index is 821. The quantitative estimate of drug-likeness (QED) is 0.771. The summed E-state index contributed by atoms with van der Waals surface area (Å²) in [6.45, 7) is 0. The Morgan fingerprint density at radius 3 is 2.24 bits per heavy atom. The van der Waals surface area contributed by atoms with Crippen LogP contribution in [0.5, 0.6) is 5.75 Å². The summed E-state index contributed by atoms with van der Waals surface area (Å²) in [5.74, 6) is 0.326. The van der Waals surface area contributed by atoms with E-state index in [1.165, 1.54) is 0 Å². The Balaban J connectivity index is 2.14. The summed E-state index contributed by atoms with van der Waals surface area (Å²) in [7, 11) is -1.95. The van der Waals surface area contributed by atoms with Crippen LogP contribution in [-0.2, 0) is 14.8 Å². The molecular weight excluding hydrogens is 364 g/mol. The van der Waals surface area contributed by atoms with Gasteiger partial charge in [0.25, 0.3) is 0 Å². The molecular formula is C17H19ClN2O4S. The molecule has 1 amide bonds. The van der Waals surface area contributed by atoms with Crippen molar-refractivity contribution in [3.05, 3.63) is 59.1 Å². The highest BCUT2D eigenvalue weighted by Crippen LogP contribution is 2.22. The summed E-state index contributed by atoms with van der Waals surface area (Å²) < 4.78 is 30.8.